The molecule has 2 amide bonds. The van der Waals surface area contributed by atoms with Gasteiger partial charge in [-0.1, -0.05) is 38.2 Å². The zero-order valence-corrected chi connectivity index (χ0v) is 25.0. The van der Waals surface area contributed by atoms with Gasteiger partial charge in [0.25, 0.3) is 5.91 Å². The van der Waals surface area contributed by atoms with E-state index in [-0.39, 0.29) is 52.9 Å². The Kier molecular flexibility index (Phi) is 13.3. The average Bonchev–Trinajstić information content (AvgIpc) is 2.94. The van der Waals surface area contributed by atoms with Crippen molar-refractivity contribution < 1.29 is 43.5 Å². The second kappa shape index (κ2) is 16.1. The summed E-state index contributed by atoms with van der Waals surface area (Å²) in [5.41, 5.74) is 6.59. The first-order valence-corrected chi connectivity index (χ1v) is 13.8. The fraction of sp³-hybridized carbons (Fsp3) is 0.533. The smallest absolute Gasteiger partial charge is 0.405 e. The van der Waals surface area contributed by atoms with Gasteiger partial charge in [-0.2, -0.15) is 0 Å². The Labute approximate surface area is 246 Å². The third-order valence-corrected chi connectivity index (χ3v) is 7.23. The topological polar surface area (TPSA) is 173 Å². The van der Waals surface area contributed by atoms with Crippen molar-refractivity contribution in [2.45, 2.75) is 65.0 Å². The van der Waals surface area contributed by atoms with Crippen LogP contribution in [0.4, 0.5) is 20.6 Å². The molecule has 12 heteroatoms. The molecule has 2 bridgehead atoms. The number of nitrogens with two attached hydrogens (primary N) is 1. The third kappa shape index (κ3) is 9.20. The summed E-state index contributed by atoms with van der Waals surface area (Å²) in [5.74, 6) is -1.76. The van der Waals surface area contributed by atoms with Crippen molar-refractivity contribution in [2.75, 3.05) is 38.1 Å². The minimum absolute atomic E-state index is 0.0263. The molecule has 11 nitrogen and oxygen atoms in total. The number of aliphatic hydroxyl groups is 1. The van der Waals surface area contributed by atoms with Gasteiger partial charge in [0.15, 0.2) is 6.10 Å². The number of halogens is 1. The summed E-state index contributed by atoms with van der Waals surface area (Å²) < 4.78 is 29.5. The number of carbonyl (C=O) groups is 2. The van der Waals surface area contributed by atoms with E-state index in [1.54, 1.807) is 39.0 Å². The zero-order valence-electron chi connectivity index (χ0n) is 25.0. The number of amides is 2. The van der Waals surface area contributed by atoms with Crippen LogP contribution in [0.1, 0.15) is 39.7 Å². The number of allylic oxidation sites excluding steroid dienone is 2. The Morgan fingerprint density at radius 1 is 1.21 bits per heavy atom. The van der Waals surface area contributed by atoms with E-state index in [4.69, 9.17) is 19.9 Å². The van der Waals surface area contributed by atoms with E-state index in [1.807, 2.05) is 6.92 Å². The van der Waals surface area contributed by atoms with Crippen LogP contribution in [0, 0.1) is 11.8 Å². The highest BCUT2D eigenvalue weighted by molar-refractivity contribution is 6.04. The largest absolute Gasteiger partial charge is 0.506 e. The second-order valence-corrected chi connectivity index (χ2v) is 10.6. The van der Waals surface area contributed by atoms with Crippen molar-refractivity contribution in [3.8, 4) is 11.5 Å². The molecule has 0 spiro atoms. The summed E-state index contributed by atoms with van der Waals surface area (Å²) in [6, 6.07) is 1.19. The number of ether oxygens (including phenoxy) is 3. The molecule has 0 saturated carbocycles. The van der Waals surface area contributed by atoms with E-state index in [0.29, 0.717) is 12.0 Å². The van der Waals surface area contributed by atoms with Gasteiger partial charge >= 0.3 is 6.09 Å². The number of fused-ring (bicyclic) bond motifs is 2. The molecular weight excluding hydrogens is 549 g/mol. The molecule has 2 rings (SSSR count). The van der Waals surface area contributed by atoms with E-state index in [9.17, 15) is 29.3 Å². The first-order valence-electron chi connectivity index (χ1n) is 13.8. The maximum absolute atomic E-state index is 13.0. The molecule has 6 atom stereocenters. The molecule has 7 N–H and O–H groups in total. The van der Waals surface area contributed by atoms with Gasteiger partial charge in [-0.25, -0.2) is 9.18 Å². The summed E-state index contributed by atoms with van der Waals surface area (Å²) >= 11 is 0. The number of carbonyl (C=O) groups excluding carboxylic acids is 2. The fourth-order valence-corrected chi connectivity index (χ4v) is 4.98. The van der Waals surface area contributed by atoms with Crippen molar-refractivity contribution in [3.05, 3.63) is 47.1 Å². The van der Waals surface area contributed by atoms with Crippen molar-refractivity contribution in [3.63, 3.8) is 0 Å². The quantitative estimate of drug-likeness (QED) is 0.162. The van der Waals surface area contributed by atoms with Crippen LogP contribution in [-0.4, -0.2) is 79.2 Å². The zero-order chi connectivity index (χ0) is 31.6. The van der Waals surface area contributed by atoms with Crippen LogP contribution in [0.15, 0.2) is 41.5 Å². The summed E-state index contributed by atoms with van der Waals surface area (Å²) in [6.45, 7) is 6.15. The summed E-state index contributed by atoms with van der Waals surface area (Å²) in [5, 5.41) is 38.6. The first kappa shape index (κ1) is 34.6. The number of phenols is 2. The molecule has 42 heavy (non-hydrogen) atoms. The Morgan fingerprint density at radius 3 is 2.50 bits per heavy atom. The van der Waals surface area contributed by atoms with Gasteiger partial charge in [-0.05, 0) is 38.2 Å². The number of anilines is 2. The second-order valence-electron chi connectivity index (χ2n) is 10.6. The van der Waals surface area contributed by atoms with Crippen molar-refractivity contribution in [2.24, 2.45) is 17.6 Å². The van der Waals surface area contributed by atoms with E-state index >= 15 is 0 Å². The van der Waals surface area contributed by atoms with E-state index in [1.165, 1.54) is 26.4 Å². The Balaban J connectivity index is 2.66. The van der Waals surface area contributed by atoms with Gasteiger partial charge in [-0.3, -0.25) is 4.79 Å². The molecule has 1 aliphatic heterocycles. The lowest BCUT2D eigenvalue weighted by atomic mass is 9.87. The number of methoxy groups -OCH3 is 2. The molecule has 0 aromatic heterocycles. The van der Waals surface area contributed by atoms with Gasteiger partial charge in [0, 0.05) is 43.9 Å². The Hall–Kier alpha value is -3.61. The molecule has 234 valence electrons. The highest BCUT2D eigenvalue weighted by Crippen LogP contribution is 2.42. The molecule has 0 unspecified atom stereocenters. The van der Waals surface area contributed by atoms with Crippen LogP contribution in [0.3, 0.4) is 0 Å². The van der Waals surface area contributed by atoms with Gasteiger partial charge in [-0.15, -0.1) is 0 Å². The average molecular weight is 594 g/mol. The SMILES string of the molecule is CO[C@@H]1/C=C/C=C(\C)C(=O)Nc2cc(O)c(NCCF)c(c2O)C[C@@H](C)C[C@@H](OC)[C@@H](O)[C@@H](C)/C=C(\C)[C@@H]1OC(N)=O. The molecule has 1 heterocycles. The number of hydrogen-bond acceptors (Lipinski definition) is 9. The van der Waals surface area contributed by atoms with Crippen LogP contribution in [0.2, 0.25) is 0 Å². The number of alkyl halides is 1. The number of phenolic OH excluding ortho intramolecular Hbond substituents is 2. The summed E-state index contributed by atoms with van der Waals surface area (Å²) in [4.78, 5) is 24.7. The molecule has 0 saturated heterocycles. The minimum Gasteiger partial charge on any atom is -0.506 e. The molecule has 0 fully saturated rings. The normalized spacial score (nSPS) is 29.4. The molecule has 0 radical (unpaired) electrons. The molecule has 1 aromatic rings. The predicted octanol–water partition coefficient (Wildman–Crippen LogP) is 3.94. The highest BCUT2D eigenvalue weighted by atomic mass is 19.1. The molecule has 1 aromatic carbocycles. The van der Waals surface area contributed by atoms with E-state index < -0.39 is 49.0 Å². The number of aliphatic hydroxyl groups excluding tert-OH is 1. The lowest BCUT2D eigenvalue weighted by molar-refractivity contribution is -0.112. The van der Waals surface area contributed by atoms with Gasteiger partial charge in [0.1, 0.15) is 24.3 Å². The Morgan fingerprint density at radius 2 is 1.90 bits per heavy atom. The van der Waals surface area contributed by atoms with Crippen molar-refractivity contribution in [1.29, 1.82) is 0 Å². The van der Waals surface area contributed by atoms with Crippen LogP contribution < -0.4 is 16.4 Å². The lowest BCUT2D eigenvalue weighted by Gasteiger charge is -2.29. The van der Waals surface area contributed by atoms with Crippen molar-refractivity contribution in [1.82, 2.24) is 0 Å². The van der Waals surface area contributed by atoms with Crippen LogP contribution >= 0.6 is 0 Å². The third-order valence-electron chi connectivity index (χ3n) is 7.23. The molecule has 0 aliphatic carbocycles. The maximum Gasteiger partial charge on any atom is 0.405 e. The summed E-state index contributed by atoms with van der Waals surface area (Å²) in [7, 11) is 2.91. The standard InChI is InChI=1S/C30H44FN3O8/c1-16-12-20-25(33-11-10-31)22(35)15-21(27(20)37)34-29(38)17(2)8-7-9-23(40-5)28(42-30(32)39)19(4)14-18(3)26(36)24(13-16)41-6/h7-9,14-16,18,23-24,26,28,33,35-37H,10-13H2,1-6H3,(H2,32,39)(H,34,38)/b9-7+,17-8+,19-14+/t16-,18+,23-,24-,26+,28+/m1/s1. The summed E-state index contributed by atoms with van der Waals surface area (Å²) in [6.07, 6.45) is 2.64. The number of hydrogen-bond donors (Lipinski definition) is 6. The van der Waals surface area contributed by atoms with Gasteiger partial charge in [0.2, 0.25) is 0 Å². The Bertz CT molecular complexity index is 1190. The molecular formula is C30H44FN3O8. The molecule has 1 aliphatic rings. The lowest BCUT2D eigenvalue weighted by Crippen LogP contribution is -2.37. The monoisotopic (exact) mass is 593 g/mol. The number of rotatable bonds is 6. The predicted molar refractivity (Wildman–Crippen MR) is 158 cm³/mol. The maximum atomic E-state index is 13.0. The van der Waals surface area contributed by atoms with Crippen molar-refractivity contribution >= 4 is 23.4 Å². The first-order chi connectivity index (χ1) is 19.8. The van der Waals surface area contributed by atoms with E-state index in [2.05, 4.69) is 10.6 Å². The fourth-order valence-electron chi connectivity index (χ4n) is 4.98. The number of aromatic hydroxyl groups is 2. The van der Waals surface area contributed by atoms with E-state index in [0.717, 1.165) is 0 Å². The van der Waals surface area contributed by atoms with Gasteiger partial charge < -0.3 is 45.9 Å². The van der Waals surface area contributed by atoms with Crippen LogP contribution in [-0.2, 0) is 25.4 Å². The van der Waals surface area contributed by atoms with Crippen LogP contribution in [0.25, 0.3) is 0 Å². The number of nitrogens with one attached hydrogen (secondary N) is 2. The number of benzene rings is 1. The number of primary amides is 1. The highest BCUT2D eigenvalue weighted by Gasteiger charge is 2.30. The minimum atomic E-state index is -1.00. The van der Waals surface area contributed by atoms with Crippen LogP contribution in [0.5, 0.6) is 11.5 Å². The van der Waals surface area contributed by atoms with Gasteiger partial charge in [0.05, 0.1) is 23.6 Å².